The van der Waals surface area contributed by atoms with Crippen LogP contribution in [0.4, 0.5) is 0 Å². The van der Waals surface area contributed by atoms with Gasteiger partial charge in [0.15, 0.2) is 0 Å². The minimum absolute atomic E-state index is 0.213. The SMILES string of the molecule is Cc1nc(CN2CCC[C@]3(C(=O)O)CN(C(C)C)C[C@@H]3C2)cs1. The minimum atomic E-state index is -0.600. The van der Waals surface area contributed by atoms with Gasteiger partial charge in [-0.05, 0) is 40.2 Å². The molecule has 0 spiro atoms. The number of aliphatic carboxylic acids is 1. The fourth-order valence-electron chi connectivity index (χ4n) is 4.15. The van der Waals surface area contributed by atoms with Crippen LogP contribution in [0.3, 0.4) is 0 Å². The number of aromatic nitrogens is 1. The summed E-state index contributed by atoms with van der Waals surface area (Å²) in [6, 6.07) is 0.410. The second kappa shape index (κ2) is 6.49. The van der Waals surface area contributed by atoms with Gasteiger partial charge in [0, 0.05) is 43.5 Å². The second-order valence-electron chi connectivity index (χ2n) is 7.38. The van der Waals surface area contributed by atoms with Gasteiger partial charge in [0.2, 0.25) is 0 Å². The first-order valence-electron chi connectivity index (χ1n) is 8.51. The third-order valence-electron chi connectivity index (χ3n) is 5.51. The Labute approximate surface area is 142 Å². The van der Waals surface area contributed by atoms with Gasteiger partial charge in [0.1, 0.15) is 0 Å². The Bertz CT molecular complexity index is 574. The summed E-state index contributed by atoms with van der Waals surface area (Å²) in [5.74, 6) is -0.387. The van der Waals surface area contributed by atoms with E-state index in [1.807, 2.05) is 6.92 Å². The molecule has 1 N–H and O–H groups in total. The van der Waals surface area contributed by atoms with E-state index in [9.17, 15) is 9.90 Å². The number of carboxylic acid groups (broad SMARTS) is 1. The highest BCUT2D eigenvalue weighted by Gasteiger charge is 2.53. The van der Waals surface area contributed by atoms with Crippen molar-refractivity contribution in [3.05, 3.63) is 16.1 Å². The largest absolute Gasteiger partial charge is 0.481 e. The molecule has 5 nitrogen and oxygen atoms in total. The number of thiazole rings is 1. The molecule has 2 aliphatic heterocycles. The van der Waals surface area contributed by atoms with Crippen molar-refractivity contribution in [3.63, 3.8) is 0 Å². The lowest BCUT2D eigenvalue weighted by Crippen LogP contribution is -2.41. The lowest BCUT2D eigenvalue weighted by Gasteiger charge is -2.29. The molecule has 6 heteroatoms. The van der Waals surface area contributed by atoms with E-state index in [2.05, 4.69) is 34.0 Å². The van der Waals surface area contributed by atoms with Crippen molar-refractivity contribution in [2.24, 2.45) is 11.3 Å². The van der Waals surface area contributed by atoms with E-state index in [1.54, 1.807) is 11.3 Å². The molecular weight excluding hydrogens is 310 g/mol. The number of hydrogen-bond donors (Lipinski definition) is 1. The number of nitrogens with zero attached hydrogens (tertiary/aromatic N) is 3. The fourth-order valence-corrected chi connectivity index (χ4v) is 4.75. The smallest absolute Gasteiger partial charge is 0.311 e. The Morgan fingerprint density at radius 1 is 1.52 bits per heavy atom. The Morgan fingerprint density at radius 3 is 2.91 bits per heavy atom. The number of fused-ring (bicyclic) bond motifs is 1. The van der Waals surface area contributed by atoms with Crippen LogP contribution in [-0.4, -0.2) is 58.1 Å². The topological polar surface area (TPSA) is 56.7 Å². The molecule has 2 fully saturated rings. The van der Waals surface area contributed by atoms with Gasteiger partial charge in [-0.1, -0.05) is 0 Å². The number of rotatable bonds is 4. The van der Waals surface area contributed by atoms with E-state index in [1.165, 1.54) is 0 Å². The molecule has 0 radical (unpaired) electrons. The van der Waals surface area contributed by atoms with Crippen LogP contribution in [0.1, 0.15) is 37.4 Å². The van der Waals surface area contributed by atoms with Crippen LogP contribution in [0.5, 0.6) is 0 Å². The summed E-state index contributed by atoms with van der Waals surface area (Å²) >= 11 is 1.69. The quantitative estimate of drug-likeness (QED) is 0.915. The van der Waals surface area contributed by atoms with E-state index in [4.69, 9.17) is 0 Å². The predicted molar refractivity (Wildman–Crippen MR) is 91.6 cm³/mol. The maximum absolute atomic E-state index is 12.1. The summed E-state index contributed by atoms with van der Waals surface area (Å²) in [5.41, 5.74) is 0.561. The average Bonchev–Trinajstić information content (AvgIpc) is 3.00. The van der Waals surface area contributed by atoms with Crippen molar-refractivity contribution in [3.8, 4) is 0 Å². The van der Waals surface area contributed by atoms with E-state index in [0.717, 1.165) is 49.7 Å². The molecule has 3 heterocycles. The molecule has 1 aromatic rings. The second-order valence-corrected chi connectivity index (χ2v) is 8.44. The molecular formula is C17H27N3O2S. The highest BCUT2D eigenvalue weighted by atomic mass is 32.1. The zero-order chi connectivity index (χ0) is 16.6. The first-order chi connectivity index (χ1) is 10.9. The summed E-state index contributed by atoms with van der Waals surface area (Å²) in [6.45, 7) is 10.6. The van der Waals surface area contributed by atoms with Crippen molar-refractivity contribution >= 4 is 17.3 Å². The number of carboxylic acids is 1. The number of hydrogen-bond acceptors (Lipinski definition) is 5. The molecule has 1 aromatic heterocycles. The van der Waals surface area contributed by atoms with Crippen molar-refractivity contribution in [2.45, 2.75) is 46.2 Å². The van der Waals surface area contributed by atoms with Crippen molar-refractivity contribution in [2.75, 3.05) is 26.2 Å². The molecule has 0 aromatic carbocycles. The maximum Gasteiger partial charge on any atom is 0.311 e. The number of likely N-dealkylation sites (tertiary alicyclic amines) is 2. The van der Waals surface area contributed by atoms with Gasteiger partial charge >= 0.3 is 5.97 Å². The zero-order valence-electron chi connectivity index (χ0n) is 14.3. The Hall–Kier alpha value is -0.980. The maximum atomic E-state index is 12.1. The summed E-state index contributed by atoms with van der Waals surface area (Å²) in [5, 5.41) is 13.2. The van der Waals surface area contributed by atoms with Crippen LogP contribution in [0.25, 0.3) is 0 Å². The molecule has 0 saturated carbocycles. The molecule has 128 valence electrons. The molecule has 2 atom stereocenters. The third-order valence-corrected chi connectivity index (χ3v) is 6.33. The monoisotopic (exact) mass is 337 g/mol. The third kappa shape index (κ3) is 3.30. The molecule has 0 aliphatic carbocycles. The highest BCUT2D eigenvalue weighted by molar-refractivity contribution is 7.09. The van der Waals surface area contributed by atoms with Crippen molar-refractivity contribution < 1.29 is 9.90 Å². The summed E-state index contributed by atoms with van der Waals surface area (Å²) in [6.07, 6.45) is 1.75. The van der Waals surface area contributed by atoms with Crippen LogP contribution >= 0.6 is 11.3 Å². The van der Waals surface area contributed by atoms with Crippen LogP contribution in [0.2, 0.25) is 0 Å². The molecule has 3 rings (SSSR count). The van der Waals surface area contributed by atoms with Gasteiger partial charge in [-0.15, -0.1) is 11.3 Å². The molecule has 0 unspecified atom stereocenters. The van der Waals surface area contributed by atoms with Crippen LogP contribution < -0.4 is 0 Å². The first kappa shape index (κ1) is 16.9. The molecule has 23 heavy (non-hydrogen) atoms. The average molecular weight is 337 g/mol. The fraction of sp³-hybridized carbons (Fsp3) is 0.765. The predicted octanol–water partition coefficient (Wildman–Crippen LogP) is 2.46. The Balaban J connectivity index is 1.76. The van der Waals surface area contributed by atoms with Gasteiger partial charge in [0.05, 0.1) is 16.1 Å². The Morgan fingerprint density at radius 2 is 2.30 bits per heavy atom. The molecule has 0 bridgehead atoms. The zero-order valence-corrected chi connectivity index (χ0v) is 15.1. The summed E-state index contributed by atoms with van der Waals surface area (Å²) in [4.78, 5) is 21.4. The van der Waals surface area contributed by atoms with E-state index in [-0.39, 0.29) is 5.92 Å². The van der Waals surface area contributed by atoms with Crippen LogP contribution in [-0.2, 0) is 11.3 Å². The first-order valence-corrected chi connectivity index (χ1v) is 9.39. The van der Waals surface area contributed by atoms with Crippen LogP contribution in [0.15, 0.2) is 5.38 Å². The van der Waals surface area contributed by atoms with Gasteiger partial charge in [-0.25, -0.2) is 4.98 Å². The lowest BCUT2D eigenvalue weighted by molar-refractivity contribution is -0.151. The van der Waals surface area contributed by atoms with Gasteiger partial charge in [0.25, 0.3) is 0 Å². The van der Waals surface area contributed by atoms with Crippen LogP contribution in [0, 0.1) is 18.3 Å². The van der Waals surface area contributed by atoms with E-state index >= 15 is 0 Å². The standard InChI is InChI=1S/C17H27N3O2S/c1-12(2)20-8-14-7-19(9-15-10-23-13(3)18-15)6-4-5-17(14,11-20)16(21)22/h10,12,14H,4-9,11H2,1-3H3,(H,21,22)/t14-,17-/m0/s1. The molecule has 2 saturated heterocycles. The van der Waals surface area contributed by atoms with E-state index in [0.29, 0.717) is 12.6 Å². The number of aryl methyl sites for hydroxylation is 1. The molecule has 2 aliphatic rings. The summed E-state index contributed by atoms with van der Waals surface area (Å²) < 4.78 is 0. The molecule has 0 amide bonds. The highest BCUT2D eigenvalue weighted by Crippen LogP contribution is 2.43. The lowest BCUT2D eigenvalue weighted by atomic mass is 9.75. The van der Waals surface area contributed by atoms with Gasteiger partial charge in [-0.3, -0.25) is 14.6 Å². The Kier molecular flexibility index (Phi) is 4.76. The minimum Gasteiger partial charge on any atom is -0.481 e. The van der Waals surface area contributed by atoms with Gasteiger partial charge < -0.3 is 5.11 Å². The van der Waals surface area contributed by atoms with E-state index < -0.39 is 11.4 Å². The van der Waals surface area contributed by atoms with Gasteiger partial charge in [-0.2, -0.15) is 0 Å². The van der Waals surface area contributed by atoms with Crippen molar-refractivity contribution in [1.82, 2.24) is 14.8 Å². The summed E-state index contributed by atoms with van der Waals surface area (Å²) in [7, 11) is 0. The number of carbonyl (C=O) groups is 1. The van der Waals surface area contributed by atoms with Crippen molar-refractivity contribution in [1.29, 1.82) is 0 Å². The normalized spacial score (nSPS) is 29.7.